The van der Waals surface area contributed by atoms with E-state index in [1.807, 2.05) is 12.1 Å². The van der Waals surface area contributed by atoms with E-state index in [2.05, 4.69) is 17.1 Å². The Morgan fingerprint density at radius 2 is 2.00 bits per heavy atom. The first kappa shape index (κ1) is 17.0. The highest BCUT2D eigenvalue weighted by Gasteiger charge is 2.29. The molecule has 1 N–H and O–H groups in total. The number of benzene rings is 1. The highest BCUT2D eigenvalue weighted by atomic mass is 32.2. The number of aromatic amines is 1. The van der Waals surface area contributed by atoms with Gasteiger partial charge in [-0.15, -0.1) is 0 Å². The van der Waals surface area contributed by atoms with Crippen molar-refractivity contribution in [1.29, 1.82) is 0 Å². The maximum absolute atomic E-state index is 11.5. The molecule has 130 valence electrons. The molecule has 7 heteroatoms. The topological polar surface area (TPSA) is 83.4 Å². The van der Waals surface area contributed by atoms with Crippen LogP contribution >= 0.6 is 0 Å². The molecule has 0 amide bonds. The number of hydrogen-bond acceptors (Lipinski definition) is 5. The Morgan fingerprint density at radius 1 is 1.29 bits per heavy atom. The van der Waals surface area contributed by atoms with E-state index < -0.39 is 9.84 Å². The predicted octanol–water partition coefficient (Wildman–Crippen LogP) is 1.79. The predicted molar refractivity (Wildman–Crippen MR) is 91.0 cm³/mol. The third-order valence-corrected chi connectivity index (χ3v) is 5.91. The van der Waals surface area contributed by atoms with Gasteiger partial charge in [0.2, 0.25) is 0 Å². The molecule has 24 heavy (non-hydrogen) atoms. The van der Waals surface area contributed by atoms with E-state index in [9.17, 15) is 13.2 Å². The summed E-state index contributed by atoms with van der Waals surface area (Å²) in [5, 5.41) is 2.36. The van der Waals surface area contributed by atoms with Crippen molar-refractivity contribution in [1.82, 2.24) is 10.1 Å². The highest BCUT2D eigenvalue weighted by Crippen LogP contribution is 2.31. The van der Waals surface area contributed by atoms with Crippen molar-refractivity contribution >= 4 is 9.84 Å². The Balaban J connectivity index is 1.72. The van der Waals surface area contributed by atoms with Crippen molar-refractivity contribution in [2.75, 3.05) is 19.8 Å². The third-order valence-electron chi connectivity index (χ3n) is 4.78. The van der Waals surface area contributed by atoms with Crippen molar-refractivity contribution in [2.45, 2.75) is 36.1 Å². The van der Waals surface area contributed by atoms with E-state index in [1.54, 1.807) is 12.1 Å². The van der Waals surface area contributed by atoms with Crippen LogP contribution in [-0.2, 0) is 16.3 Å². The maximum atomic E-state index is 11.5. The molecule has 1 aromatic carbocycles. The van der Waals surface area contributed by atoms with Crippen LogP contribution in [0.2, 0.25) is 0 Å². The molecule has 0 spiro atoms. The quantitative estimate of drug-likeness (QED) is 0.909. The molecule has 0 saturated carbocycles. The van der Waals surface area contributed by atoms with Crippen LogP contribution < -0.4 is 5.56 Å². The number of likely N-dealkylation sites (tertiary alicyclic amines) is 1. The Hall–Kier alpha value is -1.86. The number of piperidine rings is 1. The zero-order chi connectivity index (χ0) is 17.3. The Morgan fingerprint density at radius 3 is 2.58 bits per heavy atom. The van der Waals surface area contributed by atoms with Gasteiger partial charge in [0.25, 0.3) is 5.56 Å². The van der Waals surface area contributed by atoms with Gasteiger partial charge in [0, 0.05) is 24.3 Å². The van der Waals surface area contributed by atoms with Crippen molar-refractivity contribution in [3.8, 4) is 0 Å². The second kappa shape index (κ2) is 6.57. The summed E-state index contributed by atoms with van der Waals surface area (Å²) < 4.78 is 28.3. The molecule has 1 saturated heterocycles. The minimum absolute atomic E-state index is 0.197. The number of sulfone groups is 1. The van der Waals surface area contributed by atoms with Gasteiger partial charge in [-0.3, -0.25) is 4.79 Å². The Bertz CT molecular complexity index is 851. The largest absolute Gasteiger partial charge is 0.383 e. The molecule has 0 aliphatic carbocycles. The van der Waals surface area contributed by atoms with Gasteiger partial charge in [-0.2, -0.15) is 5.16 Å². The lowest BCUT2D eigenvalue weighted by atomic mass is 9.86. The second-order valence-corrected chi connectivity index (χ2v) is 8.61. The second-order valence-electron chi connectivity index (χ2n) is 6.59. The third kappa shape index (κ3) is 3.79. The fourth-order valence-electron chi connectivity index (χ4n) is 3.31. The monoisotopic (exact) mass is 350 g/mol. The fourth-order valence-corrected chi connectivity index (χ4v) is 3.94. The zero-order valence-electron chi connectivity index (χ0n) is 13.9. The van der Waals surface area contributed by atoms with Crippen LogP contribution in [0.3, 0.4) is 0 Å². The van der Waals surface area contributed by atoms with E-state index >= 15 is 0 Å². The SMILES string of the molecule is CN1CCC(c2cc(=O)[nH]o2)CC1Cc1ccc(S(C)(=O)=O)cc1. The zero-order valence-corrected chi connectivity index (χ0v) is 14.7. The van der Waals surface area contributed by atoms with Crippen LogP contribution in [0.1, 0.15) is 30.1 Å². The van der Waals surface area contributed by atoms with Gasteiger partial charge in [0.15, 0.2) is 9.84 Å². The fraction of sp³-hybridized carbons (Fsp3) is 0.471. The van der Waals surface area contributed by atoms with Gasteiger partial charge in [0.1, 0.15) is 5.76 Å². The number of nitrogens with zero attached hydrogens (tertiary/aromatic N) is 1. The summed E-state index contributed by atoms with van der Waals surface area (Å²) in [6.45, 7) is 0.936. The van der Waals surface area contributed by atoms with Crippen molar-refractivity contribution < 1.29 is 12.9 Å². The summed E-state index contributed by atoms with van der Waals surface area (Å²) in [4.78, 5) is 13.9. The first-order valence-electron chi connectivity index (χ1n) is 8.00. The minimum atomic E-state index is -3.16. The van der Waals surface area contributed by atoms with E-state index in [0.29, 0.717) is 10.9 Å². The molecule has 1 aliphatic rings. The summed E-state index contributed by atoms with van der Waals surface area (Å²) in [5.74, 6) is 0.964. The normalized spacial score (nSPS) is 22.6. The van der Waals surface area contributed by atoms with Crippen LogP contribution in [0.5, 0.6) is 0 Å². The van der Waals surface area contributed by atoms with Crippen LogP contribution in [0.25, 0.3) is 0 Å². The first-order valence-corrected chi connectivity index (χ1v) is 9.90. The lowest BCUT2D eigenvalue weighted by Crippen LogP contribution is -2.40. The molecule has 3 rings (SSSR count). The summed E-state index contributed by atoms with van der Waals surface area (Å²) in [7, 11) is -1.07. The number of hydrogen-bond donors (Lipinski definition) is 1. The number of nitrogens with one attached hydrogen (secondary N) is 1. The average molecular weight is 350 g/mol. The smallest absolute Gasteiger partial charge is 0.280 e. The molecular weight excluding hydrogens is 328 g/mol. The molecule has 1 fully saturated rings. The molecule has 2 heterocycles. The molecule has 2 unspecified atom stereocenters. The van der Waals surface area contributed by atoms with Gasteiger partial charge in [0.05, 0.1) is 4.90 Å². The summed E-state index contributed by atoms with van der Waals surface area (Å²) in [6.07, 6.45) is 3.92. The highest BCUT2D eigenvalue weighted by molar-refractivity contribution is 7.90. The van der Waals surface area contributed by atoms with E-state index in [4.69, 9.17) is 4.52 Å². The van der Waals surface area contributed by atoms with Crippen LogP contribution in [0, 0.1) is 0 Å². The van der Waals surface area contributed by atoms with E-state index in [0.717, 1.165) is 37.1 Å². The van der Waals surface area contributed by atoms with Gasteiger partial charge in [-0.1, -0.05) is 12.1 Å². The number of aromatic nitrogens is 1. The molecular formula is C17H22N2O4S. The minimum Gasteiger partial charge on any atom is -0.383 e. The maximum Gasteiger partial charge on any atom is 0.280 e. The van der Waals surface area contributed by atoms with Crippen LogP contribution in [0.15, 0.2) is 44.5 Å². The van der Waals surface area contributed by atoms with Crippen molar-refractivity contribution in [3.63, 3.8) is 0 Å². The molecule has 2 aromatic rings. The van der Waals surface area contributed by atoms with E-state index in [1.165, 1.54) is 12.3 Å². The average Bonchev–Trinajstić information content (AvgIpc) is 2.96. The van der Waals surface area contributed by atoms with Crippen LogP contribution in [-0.4, -0.2) is 44.4 Å². The van der Waals surface area contributed by atoms with Crippen LogP contribution in [0.4, 0.5) is 0 Å². The van der Waals surface area contributed by atoms with Crippen molar-refractivity contribution in [3.05, 3.63) is 52.0 Å². The lowest BCUT2D eigenvalue weighted by Gasteiger charge is -2.36. The Labute approximate surface area is 141 Å². The Kier molecular flexibility index (Phi) is 4.64. The standard InChI is InChI=1S/C17H22N2O4S/c1-19-8-7-13(16-11-17(20)18-23-16)10-14(19)9-12-3-5-15(6-4-12)24(2,21)22/h3-6,11,13-14H,7-10H2,1-2H3,(H,18,20). The van der Waals surface area contributed by atoms with E-state index in [-0.39, 0.29) is 11.5 Å². The summed E-state index contributed by atoms with van der Waals surface area (Å²) >= 11 is 0. The molecule has 1 aromatic heterocycles. The van der Waals surface area contributed by atoms with Gasteiger partial charge < -0.3 is 9.42 Å². The molecule has 0 bridgehead atoms. The molecule has 0 radical (unpaired) electrons. The van der Waals surface area contributed by atoms with Crippen molar-refractivity contribution in [2.24, 2.45) is 0 Å². The first-order chi connectivity index (χ1) is 11.3. The van der Waals surface area contributed by atoms with Gasteiger partial charge in [-0.25, -0.2) is 8.42 Å². The number of likely N-dealkylation sites (N-methyl/N-ethyl adjacent to an activating group) is 1. The van der Waals surface area contributed by atoms with Gasteiger partial charge >= 0.3 is 0 Å². The summed E-state index contributed by atoms with van der Waals surface area (Å²) in [6, 6.07) is 8.95. The lowest BCUT2D eigenvalue weighted by molar-refractivity contribution is 0.155. The number of H-pyrrole nitrogens is 1. The molecule has 1 aliphatic heterocycles. The molecule has 6 nitrogen and oxygen atoms in total. The number of rotatable bonds is 4. The summed E-state index contributed by atoms with van der Waals surface area (Å²) in [5.41, 5.74) is 0.910. The van der Waals surface area contributed by atoms with Gasteiger partial charge in [-0.05, 0) is 50.6 Å². The molecule has 2 atom stereocenters.